The van der Waals surface area contributed by atoms with Gasteiger partial charge in [0.05, 0.1) is 7.11 Å². The van der Waals surface area contributed by atoms with E-state index in [4.69, 9.17) is 4.74 Å². The third-order valence-corrected chi connectivity index (χ3v) is 3.68. The first-order valence-corrected chi connectivity index (χ1v) is 8.90. The molecule has 4 nitrogen and oxygen atoms in total. The molecule has 1 rings (SSSR count). The van der Waals surface area contributed by atoms with E-state index < -0.39 is 12.0 Å². The molecule has 0 aliphatic rings. The molecular weight excluding hydrogens is 354 g/mol. The van der Waals surface area contributed by atoms with Crippen LogP contribution in [0, 0.1) is 0 Å². The molecule has 1 amide bonds. The summed E-state index contributed by atoms with van der Waals surface area (Å²) in [5.41, 5.74) is 0.515. The van der Waals surface area contributed by atoms with Crippen LogP contribution in [0.2, 0.25) is 0 Å². The van der Waals surface area contributed by atoms with Crippen LogP contribution in [0.25, 0.3) is 0 Å². The molecule has 118 valence electrons. The second-order valence-electron chi connectivity index (χ2n) is 3.84. The number of carbonyl (C=O) groups excluding carboxylic acids is 2. The molecule has 0 heterocycles. The smallest absolute Gasteiger partial charge is 0.328 e. The van der Waals surface area contributed by atoms with E-state index in [9.17, 15) is 9.59 Å². The molecule has 1 aromatic carbocycles. The van der Waals surface area contributed by atoms with Crippen LogP contribution in [-0.2, 0) is 9.53 Å². The second kappa shape index (κ2) is 11.6. The van der Waals surface area contributed by atoms with Crippen molar-refractivity contribution in [2.45, 2.75) is 26.3 Å². The fraction of sp³-hybridized carbons (Fsp3) is 0.467. The summed E-state index contributed by atoms with van der Waals surface area (Å²) in [6, 6.07) is 6.35. The number of methoxy groups -OCH3 is 1. The van der Waals surface area contributed by atoms with Gasteiger partial charge in [-0.25, -0.2) is 4.79 Å². The SMILES string of the molecule is CC.COC(=O)[C@H](CCSC)NC(=O)c1ccc(Br)cc1. The number of nitrogens with one attached hydrogen (secondary N) is 1. The first-order chi connectivity index (χ1) is 10.1. The van der Waals surface area contributed by atoms with Crippen LogP contribution in [0.1, 0.15) is 30.6 Å². The number of carbonyl (C=O) groups is 2. The molecule has 0 saturated carbocycles. The van der Waals surface area contributed by atoms with E-state index in [1.807, 2.05) is 20.1 Å². The number of esters is 1. The molecule has 0 bridgehead atoms. The quantitative estimate of drug-likeness (QED) is 0.773. The maximum absolute atomic E-state index is 12.0. The lowest BCUT2D eigenvalue weighted by atomic mass is 10.1. The molecule has 6 heteroatoms. The molecule has 21 heavy (non-hydrogen) atoms. The molecule has 0 aromatic heterocycles. The maximum Gasteiger partial charge on any atom is 0.328 e. The summed E-state index contributed by atoms with van der Waals surface area (Å²) in [5.74, 6) is 0.0870. The lowest BCUT2D eigenvalue weighted by Gasteiger charge is -2.16. The predicted molar refractivity (Wildman–Crippen MR) is 91.8 cm³/mol. The van der Waals surface area contributed by atoms with Crippen LogP contribution >= 0.6 is 27.7 Å². The van der Waals surface area contributed by atoms with Gasteiger partial charge in [-0.3, -0.25) is 4.79 Å². The van der Waals surface area contributed by atoms with E-state index >= 15 is 0 Å². The van der Waals surface area contributed by atoms with Gasteiger partial charge in [0.2, 0.25) is 0 Å². The molecule has 1 atom stereocenters. The molecule has 0 spiro atoms. The van der Waals surface area contributed by atoms with Gasteiger partial charge < -0.3 is 10.1 Å². The number of halogens is 1. The van der Waals surface area contributed by atoms with Crippen molar-refractivity contribution in [3.05, 3.63) is 34.3 Å². The van der Waals surface area contributed by atoms with Crippen LogP contribution in [0.4, 0.5) is 0 Å². The summed E-state index contributed by atoms with van der Waals surface area (Å²) in [6.45, 7) is 4.00. The Balaban J connectivity index is 0.00000191. The molecular formula is C15H22BrNO3S. The summed E-state index contributed by atoms with van der Waals surface area (Å²) in [4.78, 5) is 23.6. The number of rotatable bonds is 6. The van der Waals surface area contributed by atoms with Crippen molar-refractivity contribution in [3.8, 4) is 0 Å². The third-order valence-electron chi connectivity index (χ3n) is 2.51. The molecule has 0 saturated heterocycles. The molecule has 0 unspecified atom stereocenters. The minimum atomic E-state index is -0.603. The number of ether oxygens (including phenoxy) is 1. The number of amides is 1. The Labute approximate surface area is 139 Å². The van der Waals surface area contributed by atoms with Crippen molar-refractivity contribution >= 4 is 39.6 Å². The fourth-order valence-electron chi connectivity index (χ4n) is 1.47. The minimum Gasteiger partial charge on any atom is -0.467 e. The zero-order chi connectivity index (χ0) is 16.3. The monoisotopic (exact) mass is 375 g/mol. The van der Waals surface area contributed by atoms with Crippen molar-refractivity contribution in [2.24, 2.45) is 0 Å². The van der Waals surface area contributed by atoms with E-state index in [1.54, 1.807) is 36.0 Å². The zero-order valence-corrected chi connectivity index (χ0v) is 15.2. The third kappa shape index (κ3) is 7.52. The normalized spacial score (nSPS) is 10.9. The average molecular weight is 376 g/mol. The van der Waals surface area contributed by atoms with Crippen LogP contribution < -0.4 is 5.32 Å². The zero-order valence-electron chi connectivity index (χ0n) is 12.8. The fourth-order valence-corrected chi connectivity index (χ4v) is 2.21. The molecule has 0 radical (unpaired) electrons. The van der Waals surface area contributed by atoms with Gasteiger partial charge >= 0.3 is 5.97 Å². The number of benzene rings is 1. The Hall–Kier alpha value is -1.01. The van der Waals surface area contributed by atoms with E-state index in [0.29, 0.717) is 12.0 Å². The van der Waals surface area contributed by atoms with Crippen LogP contribution in [0.3, 0.4) is 0 Å². The Morgan fingerprint density at radius 2 is 1.86 bits per heavy atom. The van der Waals surface area contributed by atoms with Crippen LogP contribution in [0.15, 0.2) is 28.7 Å². The Morgan fingerprint density at radius 3 is 2.33 bits per heavy atom. The van der Waals surface area contributed by atoms with Gasteiger partial charge in [-0.15, -0.1) is 0 Å². The van der Waals surface area contributed by atoms with Crippen LogP contribution in [0.5, 0.6) is 0 Å². The molecule has 0 fully saturated rings. The van der Waals surface area contributed by atoms with Crippen molar-refractivity contribution < 1.29 is 14.3 Å². The highest BCUT2D eigenvalue weighted by molar-refractivity contribution is 9.10. The summed E-state index contributed by atoms with van der Waals surface area (Å²) in [5, 5.41) is 2.70. The minimum absolute atomic E-state index is 0.274. The first kappa shape index (κ1) is 20.0. The highest BCUT2D eigenvalue weighted by Gasteiger charge is 2.21. The van der Waals surface area contributed by atoms with Crippen molar-refractivity contribution in [2.75, 3.05) is 19.1 Å². The first-order valence-electron chi connectivity index (χ1n) is 6.71. The molecule has 1 aromatic rings. The largest absolute Gasteiger partial charge is 0.467 e. The van der Waals surface area contributed by atoms with Crippen LogP contribution in [-0.4, -0.2) is 37.0 Å². The Bertz CT molecular complexity index is 437. The van der Waals surface area contributed by atoms with Gasteiger partial charge in [-0.05, 0) is 42.7 Å². The summed E-state index contributed by atoms with van der Waals surface area (Å²) >= 11 is 4.92. The van der Waals surface area contributed by atoms with Gasteiger partial charge in [0.1, 0.15) is 6.04 Å². The van der Waals surface area contributed by atoms with Gasteiger partial charge in [-0.2, -0.15) is 11.8 Å². The predicted octanol–water partition coefficient (Wildman–Crippen LogP) is 3.50. The number of thioether (sulfide) groups is 1. The lowest BCUT2D eigenvalue weighted by Crippen LogP contribution is -2.41. The number of hydrogen-bond donors (Lipinski definition) is 1. The average Bonchev–Trinajstić information content (AvgIpc) is 2.53. The molecule has 0 aliphatic carbocycles. The van der Waals surface area contributed by atoms with Crippen molar-refractivity contribution in [1.82, 2.24) is 5.32 Å². The van der Waals surface area contributed by atoms with Gasteiger partial charge in [0.15, 0.2) is 0 Å². The van der Waals surface area contributed by atoms with Crippen molar-refractivity contribution in [3.63, 3.8) is 0 Å². The summed E-state index contributed by atoms with van der Waals surface area (Å²) in [7, 11) is 1.32. The van der Waals surface area contributed by atoms with E-state index in [2.05, 4.69) is 21.2 Å². The number of hydrogen-bond acceptors (Lipinski definition) is 4. The lowest BCUT2D eigenvalue weighted by molar-refractivity contribution is -0.142. The van der Waals surface area contributed by atoms with E-state index in [-0.39, 0.29) is 5.91 Å². The molecule has 0 aliphatic heterocycles. The van der Waals surface area contributed by atoms with Gasteiger partial charge in [0, 0.05) is 10.0 Å². The highest BCUT2D eigenvalue weighted by atomic mass is 79.9. The summed E-state index contributed by atoms with van der Waals surface area (Å²) < 4.78 is 5.59. The van der Waals surface area contributed by atoms with Crippen molar-refractivity contribution in [1.29, 1.82) is 0 Å². The maximum atomic E-state index is 12.0. The van der Waals surface area contributed by atoms with Gasteiger partial charge in [-0.1, -0.05) is 29.8 Å². The molecule has 1 N–H and O–H groups in total. The summed E-state index contributed by atoms with van der Waals surface area (Å²) in [6.07, 6.45) is 2.50. The highest BCUT2D eigenvalue weighted by Crippen LogP contribution is 2.11. The second-order valence-corrected chi connectivity index (χ2v) is 5.74. The topological polar surface area (TPSA) is 55.4 Å². The van der Waals surface area contributed by atoms with Gasteiger partial charge in [0.25, 0.3) is 5.91 Å². The standard InChI is InChI=1S/C13H16BrNO3S.C2H6/c1-18-13(17)11(7-8-19-2)15-12(16)9-3-5-10(14)6-4-9;1-2/h3-6,11H,7-8H2,1-2H3,(H,15,16);1-2H3/t11-;/m0./s1. The van der Waals surface area contributed by atoms with E-state index in [0.717, 1.165) is 10.2 Å². The van der Waals surface area contributed by atoms with E-state index in [1.165, 1.54) is 7.11 Å². The Morgan fingerprint density at radius 1 is 1.29 bits per heavy atom. The Kier molecular flexibility index (Phi) is 11.1.